The van der Waals surface area contributed by atoms with Crippen LogP contribution in [0.4, 0.5) is 11.4 Å². The molecule has 4 rings (SSSR count). The number of fused-ring (bicyclic) bond motifs is 1. The van der Waals surface area contributed by atoms with Crippen LogP contribution in [0.2, 0.25) is 0 Å². The van der Waals surface area contributed by atoms with Crippen molar-refractivity contribution in [1.29, 1.82) is 0 Å². The van der Waals surface area contributed by atoms with E-state index in [1.54, 1.807) is 6.07 Å². The maximum atomic E-state index is 12.6. The van der Waals surface area contributed by atoms with Crippen molar-refractivity contribution in [2.75, 3.05) is 22.4 Å². The van der Waals surface area contributed by atoms with Gasteiger partial charge in [-0.2, -0.15) is 0 Å². The highest BCUT2D eigenvalue weighted by Gasteiger charge is 2.43. The number of aryl methyl sites for hydroxylation is 1. The Hall–Kier alpha value is -2.34. The minimum Gasteiger partial charge on any atom is -0.326 e. The van der Waals surface area contributed by atoms with Gasteiger partial charge in [0.05, 0.1) is 11.9 Å². The molecule has 0 saturated heterocycles. The molecule has 1 N–H and O–H groups in total. The van der Waals surface area contributed by atoms with E-state index >= 15 is 0 Å². The monoisotopic (exact) mass is 370 g/mol. The molecule has 0 bridgehead atoms. The molecule has 1 saturated carbocycles. The first-order chi connectivity index (χ1) is 12.4. The van der Waals surface area contributed by atoms with Crippen LogP contribution in [0.3, 0.4) is 0 Å². The van der Waals surface area contributed by atoms with Gasteiger partial charge in [0.1, 0.15) is 0 Å². The normalized spacial score (nSPS) is 21.8. The van der Waals surface area contributed by atoms with E-state index < -0.39 is 10.0 Å². The smallest absolute Gasteiger partial charge is 0.232 e. The standard InChI is InChI=1S/C20H22N2O3S/c1-26(24,25)22-11-5-8-15-9-10-16(12-19(15)22)21-20(23)18-13-17(18)14-6-3-2-4-7-14/h2-4,6-7,9-10,12,17-18H,5,8,11,13H2,1H3,(H,21,23). The van der Waals surface area contributed by atoms with Crippen LogP contribution in [0.15, 0.2) is 48.5 Å². The van der Waals surface area contributed by atoms with Crippen molar-refractivity contribution in [3.05, 3.63) is 59.7 Å². The molecule has 1 aliphatic heterocycles. The lowest BCUT2D eigenvalue weighted by atomic mass is 10.0. The van der Waals surface area contributed by atoms with Gasteiger partial charge in [0.15, 0.2) is 0 Å². The highest BCUT2D eigenvalue weighted by atomic mass is 32.2. The summed E-state index contributed by atoms with van der Waals surface area (Å²) in [5.74, 6) is 0.265. The molecule has 0 spiro atoms. The number of hydrogen-bond acceptors (Lipinski definition) is 3. The minimum absolute atomic E-state index is 0.000480. The predicted molar refractivity (Wildman–Crippen MR) is 103 cm³/mol. The summed E-state index contributed by atoms with van der Waals surface area (Å²) in [6.45, 7) is 0.488. The summed E-state index contributed by atoms with van der Waals surface area (Å²) < 4.78 is 25.5. The van der Waals surface area contributed by atoms with Gasteiger partial charge in [-0.3, -0.25) is 9.10 Å². The van der Waals surface area contributed by atoms with Crippen LogP contribution < -0.4 is 9.62 Å². The van der Waals surface area contributed by atoms with E-state index in [0.717, 1.165) is 24.8 Å². The van der Waals surface area contributed by atoms with Crippen molar-refractivity contribution in [2.45, 2.75) is 25.2 Å². The topological polar surface area (TPSA) is 66.5 Å². The van der Waals surface area contributed by atoms with Gasteiger partial charge in [-0.15, -0.1) is 0 Å². The zero-order valence-electron chi connectivity index (χ0n) is 14.7. The van der Waals surface area contributed by atoms with Crippen LogP contribution in [0.1, 0.15) is 29.9 Å². The van der Waals surface area contributed by atoms with Crippen LogP contribution in [0, 0.1) is 5.92 Å². The second-order valence-corrected chi connectivity index (χ2v) is 9.04. The van der Waals surface area contributed by atoms with Gasteiger partial charge in [0, 0.05) is 18.2 Å². The first kappa shape index (κ1) is 17.1. The average Bonchev–Trinajstić information content (AvgIpc) is 3.42. The molecular weight excluding hydrogens is 348 g/mol. The van der Waals surface area contributed by atoms with Gasteiger partial charge >= 0.3 is 0 Å². The fraction of sp³-hybridized carbons (Fsp3) is 0.350. The van der Waals surface area contributed by atoms with Gasteiger partial charge in [0.2, 0.25) is 15.9 Å². The van der Waals surface area contributed by atoms with Crippen LogP contribution in [-0.4, -0.2) is 27.1 Å². The van der Waals surface area contributed by atoms with Crippen LogP contribution >= 0.6 is 0 Å². The van der Waals surface area contributed by atoms with Gasteiger partial charge in [-0.05, 0) is 48.4 Å². The molecular formula is C20H22N2O3S. The number of nitrogens with one attached hydrogen (secondary N) is 1. The van der Waals surface area contributed by atoms with Crippen molar-refractivity contribution in [3.63, 3.8) is 0 Å². The number of amides is 1. The maximum absolute atomic E-state index is 12.6. The summed E-state index contributed by atoms with van der Waals surface area (Å²) in [4.78, 5) is 12.6. The third-order valence-electron chi connectivity index (χ3n) is 5.18. The molecule has 1 aliphatic carbocycles. The highest BCUT2D eigenvalue weighted by Crippen LogP contribution is 2.48. The number of hydrogen-bond donors (Lipinski definition) is 1. The molecule has 2 unspecified atom stereocenters. The van der Waals surface area contributed by atoms with E-state index in [1.165, 1.54) is 16.1 Å². The van der Waals surface area contributed by atoms with Gasteiger partial charge in [-0.1, -0.05) is 36.4 Å². The molecule has 0 aromatic heterocycles. The molecule has 1 amide bonds. The highest BCUT2D eigenvalue weighted by molar-refractivity contribution is 7.92. The lowest BCUT2D eigenvalue weighted by Crippen LogP contribution is -2.34. The van der Waals surface area contributed by atoms with Crippen LogP contribution in [0.25, 0.3) is 0 Å². The number of benzene rings is 2. The number of nitrogens with zero attached hydrogens (tertiary/aromatic N) is 1. The summed E-state index contributed by atoms with van der Waals surface area (Å²) in [5, 5.41) is 2.97. The lowest BCUT2D eigenvalue weighted by Gasteiger charge is -2.29. The largest absolute Gasteiger partial charge is 0.326 e. The van der Waals surface area contributed by atoms with Crippen molar-refractivity contribution < 1.29 is 13.2 Å². The van der Waals surface area contributed by atoms with Gasteiger partial charge < -0.3 is 5.32 Å². The average molecular weight is 370 g/mol. The number of anilines is 2. The van der Waals surface area contributed by atoms with Crippen molar-refractivity contribution in [3.8, 4) is 0 Å². The Morgan fingerprint density at radius 3 is 2.65 bits per heavy atom. The van der Waals surface area contributed by atoms with Crippen LogP contribution in [0.5, 0.6) is 0 Å². The predicted octanol–water partition coefficient (Wildman–Crippen LogP) is 3.14. The quantitative estimate of drug-likeness (QED) is 0.899. The summed E-state index contributed by atoms with van der Waals surface area (Å²) >= 11 is 0. The Morgan fingerprint density at radius 1 is 1.15 bits per heavy atom. The number of carbonyl (C=O) groups is 1. The van der Waals surface area contributed by atoms with E-state index in [2.05, 4.69) is 17.4 Å². The fourth-order valence-electron chi connectivity index (χ4n) is 3.75. The summed E-state index contributed by atoms with van der Waals surface area (Å²) in [6.07, 6.45) is 3.75. The zero-order chi connectivity index (χ0) is 18.3. The van der Waals surface area contributed by atoms with Gasteiger partial charge in [-0.25, -0.2) is 8.42 Å². The fourth-order valence-corrected chi connectivity index (χ4v) is 4.74. The first-order valence-electron chi connectivity index (χ1n) is 8.90. The number of sulfonamides is 1. The second kappa shape index (κ2) is 6.43. The molecule has 2 aliphatic rings. The summed E-state index contributed by atoms with van der Waals surface area (Å²) in [5.41, 5.74) is 3.55. The molecule has 26 heavy (non-hydrogen) atoms. The van der Waals surface area contributed by atoms with Crippen molar-refractivity contribution in [1.82, 2.24) is 0 Å². The third kappa shape index (κ3) is 3.33. The van der Waals surface area contributed by atoms with E-state index in [9.17, 15) is 13.2 Å². The lowest BCUT2D eigenvalue weighted by molar-refractivity contribution is -0.117. The minimum atomic E-state index is -3.31. The van der Waals surface area contributed by atoms with Crippen LogP contribution in [-0.2, 0) is 21.2 Å². The number of carbonyl (C=O) groups excluding carboxylic acids is 1. The number of rotatable bonds is 4. The molecule has 1 heterocycles. The maximum Gasteiger partial charge on any atom is 0.232 e. The van der Waals surface area contributed by atoms with E-state index in [4.69, 9.17) is 0 Å². The zero-order valence-corrected chi connectivity index (χ0v) is 15.5. The SMILES string of the molecule is CS(=O)(=O)N1CCCc2ccc(NC(=O)C3CC3c3ccccc3)cc21. The van der Waals surface area contributed by atoms with E-state index in [1.807, 2.05) is 30.3 Å². The molecule has 136 valence electrons. The second-order valence-electron chi connectivity index (χ2n) is 7.13. The van der Waals surface area contributed by atoms with Crippen molar-refractivity contribution in [2.24, 2.45) is 5.92 Å². The summed E-state index contributed by atoms with van der Waals surface area (Å²) in [6, 6.07) is 15.6. The molecule has 2 aromatic rings. The molecule has 6 heteroatoms. The molecule has 0 radical (unpaired) electrons. The Kier molecular flexibility index (Phi) is 4.23. The molecule has 2 atom stereocenters. The molecule has 1 fully saturated rings. The summed E-state index contributed by atoms with van der Waals surface area (Å²) in [7, 11) is -3.31. The first-order valence-corrected chi connectivity index (χ1v) is 10.7. The third-order valence-corrected chi connectivity index (χ3v) is 6.36. The van der Waals surface area contributed by atoms with Gasteiger partial charge in [0.25, 0.3) is 0 Å². The molecule has 2 aromatic carbocycles. The Morgan fingerprint density at radius 2 is 1.92 bits per heavy atom. The Bertz CT molecular complexity index is 941. The Labute approximate surface area is 154 Å². The van der Waals surface area contributed by atoms with E-state index in [-0.39, 0.29) is 17.7 Å². The van der Waals surface area contributed by atoms with E-state index in [0.29, 0.717) is 17.9 Å². The van der Waals surface area contributed by atoms with Crippen molar-refractivity contribution >= 4 is 27.3 Å². The molecule has 5 nitrogen and oxygen atoms in total. The Balaban J connectivity index is 1.50.